The summed E-state index contributed by atoms with van der Waals surface area (Å²) < 4.78 is 11.4. The van der Waals surface area contributed by atoms with Crippen molar-refractivity contribution in [3.8, 4) is 0 Å². The molecule has 92 valence electrons. The molecule has 2 heterocycles. The minimum atomic E-state index is 0.000139. The van der Waals surface area contributed by atoms with Gasteiger partial charge in [0.15, 0.2) is 5.78 Å². The molecule has 0 unspecified atom stereocenters. The maximum atomic E-state index is 11.9. The predicted octanol–water partition coefficient (Wildman–Crippen LogP) is 4.31. The Labute approximate surface area is 104 Å². The number of ketones is 1. The highest BCUT2D eigenvalue weighted by molar-refractivity contribution is 6.17. The van der Waals surface area contributed by atoms with E-state index in [4.69, 9.17) is 8.83 Å². The Bertz CT molecular complexity index is 729. The van der Waals surface area contributed by atoms with Gasteiger partial charge in [-0.15, -0.1) is 0 Å². The van der Waals surface area contributed by atoms with Crippen molar-refractivity contribution >= 4 is 27.7 Å². The number of benzene rings is 1. The molecule has 0 atom stereocenters. The van der Waals surface area contributed by atoms with E-state index in [1.807, 2.05) is 32.9 Å². The number of rotatable bonds is 1. The smallest absolute Gasteiger partial charge is 0.164 e. The Hall–Kier alpha value is -2.03. The lowest BCUT2D eigenvalue weighted by molar-refractivity contribution is 0.102. The largest absolute Gasteiger partial charge is 0.461 e. The number of carbonyl (C=O) groups excluding carboxylic acids is 1. The van der Waals surface area contributed by atoms with Crippen molar-refractivity contribution in [3.05, 3.63) is 34.8 Å². The van der Waals surface area contributed by atoms with Crippen LogP contribution >= 0.6 is 0 Å². The summed E-state index contributed by atoms with van der Waals surface area (Å²) in [4.78, 5) is 11.9. The second-order valence-corrected chi connectivity index (χ2v) is 4.76. The number of fused-ring (bicyclic) bond motifs is 2. The molecular formula is C15H14O3. The Morgan fingerprint density at radius 2 is 1.50 bits per heavy atom. The van der Waals surface area contributed by atoms with Crippen LogP contribution in [0.1, 0.15) is 34.4 Å². The molecule has 18 heavy (non-hydrogen) atoms. The number of hydrogen-bond donors (Lipinski definition) is 0. The molecule has 3 heteroatoms. The quantitative estimate of drug-likeness (QED) is 0.597. The van der Waals surface area contributed by atoms with Crippen LogP contribution in [0.3, 0.4) is 0 Å². The van der Waals surface area contributed by atoms with Gasteiger partial charge in [-0.3, -0.25) is 4.79 Å². The van der Waals surface area contributed by atoms with Crippen LogP contribution in [0.15, 0.2) is 21.0 Å². The summed E-state index contributed by atoms with van der Waals surface area (Å²) in [6.07, 6.45) is 0. The van der Waals surface area contributed by atoms with Gasteiger partial charge < -0.3 is 8.83 Å². The number of hydrogen-bond acceptors (Lipinski definition) is 3. The summed E-state index contributed by atoms with van der Waals surface area (Å²) in [6, 6.07) is 3.85. The topological polar surface area (TPSA) is 43.4 Å². The van der Waals surface area contributed by atoms with E-state index in [0.717, 1.165) is 33.4 Å². The van der Waals surface area contributed by atoms with Crippen LogP contribution in [-0.2, 0) is 0 Å². The predicted molar refractivity (Wildman–Crippen MR) is 70.2 cm³/mol. The van der Waals surface area contributed by atoms with E-state index < -0.39 is 0 Å². The van der Waals surface area contributed by atoms with Crippen molar-refractivity contribution in [1.82, 2.24) is 0 Å². The highest BCUT2D eigenvalue weighted by atomic mass is 16.3. The summed E-state index contributed by atoms with van der Waals surface area (Å²) in [5.74, 6) is 1.61. The first-order valence-corrected chi connectivity index (χ1v) is 5.93. The Morgan fingerprint density at radius 1 is 0.944 bits per heavy atom. The molecule has 0 radical (unpaired) electrons. The fraction of sp³-hybridized carbons (Fsp3) is 0.267. The van der Waals surface area contributed by atoms with Crippen molar-refractivity contribution in [2.24, 2.45) is 0 Å². The third kappa shape index (κ3) is 1.33. The van der Waals surface area contributed by atoms with Gasteiger partial charge in [0.05, 0.1) is 5.56 Å². The van der Waals surface area contributed by atoms with Crippen LogP contribution in [0.25, 0.3) is 21.9 Å². The SMILES string of the molecule is CC(=O)c1c2cc(C)oc2c(C)c2cc(C)oc12. The maximum absolute atomic E-state index is 11.9. The lowest BCUT2D eigenvalue weighted by Crippen LogP contribution is -1.94. The van der Waals surface area contributed by atoms with Gasteiger partial charge in [0, 0.05) is 16.3 Å². The Balaban J connectivity index is 2.64. The lowest BCUT2D eigenvalue weighted by atomic mass is 10.00. The van der Waals surface area contributed by atoms with Crippen LogP contribution in [0.4, 0.5) is 0 Å². The fourth-order valence-corrected chi connectivity index (χ4v) is 2.55. The number of carbonyl (C=O) groups is 1. The Kier molecular flexibility index (Phi) is 2.14. The molecule has 1 aromatic carbocycles. The summed E-state index contributed by atoms with van der Waals surface area (Å²) in [6.45, 7) is 7.32. The van der Waals surface area contributed by atoms with Crippen LogP contribution in [-0.4, -0.2) is 5.78 Å². The van der Waals surface area contributed by atoms with Crippen molar-refractivity contribution < 1.29 is 13.6 Å². The molecule has 0 aliphatic carbocycles. The monoisotopic (exact) mass is 242 g/mol. The minimum Gasteiger partial charge on any atom is -0.461 e. The van der Waals surface area contributed by atoms with Gasteiger partial charge in [0.25, 0.3) is 0 Å². The van der Waals surface area contributed by atoms with E-state index in [1.165, 1.54) is 0 Å². The zero-order chi connectivity index (χ0) is 13.0. The van der Waals surface area contributed by atoms with Crippen LogP contribution in [0.5, 0.6) is 0 Å². The molecule has 3 aromatic rings. The van der Waals surface area contributed by atoms with E-state index in [9.17, 15) is 4.79 Å². The highest BCUT2D eigenvalue weighted by Gasteiger charge is 2.20. The second-order valence-electron chi connectivity index (χ2n) is 4.76. The average molecular weight is 242 g/mol. The molecular weight excluding hydrogens is 228 g/mol. The molecule has 0 N–H and O–H groups in total. The first kappa shape index (κ1) is 11.1. The van der Waals surface area contributed by atoms with E-state index in [-0.39, 0.29) is 5.78 Å². The van der Waals surface area contributed by atoms with Gasteiger partial charge in [-0.2, -0.15) is 0 Å². The van der Waals surface area contributed by atoms with Crippen molar-refractivity contribution in [3.63, 3.8) is 0 Å². The zero-order valence-corrected chi connectivity index (χ0v) is 10.9. The Morgan fingerprint density at radius 3 is 2.11 bits per heavy atom. The molecule has 3 nitrogen and oxygen atoms in total. The first-order chi connectivity index (χ1) is 8.49. The van der Waals surface area contributed by atoms with Crippen molar-refractivity contribution in [1.29, 1.82) is 0 Å². The molecule has 0 fully saturated rings. The summed E-state index contributed by atoms with van der Waals surface area (Å²) in [5.41, 5.74) is 3.10. The lowest BCUT2D eigenvalue weighted by Gasteiger charge is -2.03. The molecule has 3 rings (SSSR count). The number of Topliss-reactive ketones (excluding diaryl/α,β-unsaturated/α-hetero) is 1. The van der Waals surface area contributed by atoms with Gasteiger partial charge in [-0.05, 0) is 39.8 Å². The number of furan rings is 2. The van der Waals surface area contributed by atoms with Gasteiger partial charge in [0.2, 0.25) is 0 Å². The molecule has 2 aromatic heterocycles. The normalized spacial score (nSPS) is 11.6. The summed E-state index contributed by atoms with van der Waals surface area (Å²) in [5, 5.41) is 1.80. The average Bonchev–Trinajstić information content (AvgIpc) is 2.81. The number of aryl methyl sites for hydroxylation is 3. The van der Waals surface area contributed by atoms with Crippen molar-refractivity contribution in [2.45, 2.75) is 27.7 Å². The van der Waals surface area contributed by atoms with E-state index in [2.05, 4.69) is 0 Å². The minimum absolute atomic E-state index is 0.000139. The third-order valence-corrected chi connectivity index (χ3v) is 3.30. The summed E-state index contributed by atoms with van der Waals surface area (Å²) in [7, 11) is 0. The molecule has 0 aliphatic rings. The molecule has 0 aliphatic heterocycles. The fourth-order valence-electron chi connectivity index (χ4n) is 2.55. The van der Waals surface area contributed by atoms with Gasteiger partial charge in [-0.25, -0.2) is 0 Å². The van der Waals surface area contributed by atoms with Crippen LogP contribution in [0.2, 0.25) is 0 Å². The van der Waals surface area contributed by atoms with Gasteiger partial charge >= 0.3 is 0 Å². The third-order valence-electron chi connectivity index (χ3n) is 3.30. The zero-order valence-electron chi connectivity index (χ0n) is 10.9. The molecule has 0 spiro atoms. The van der Waals surface area contributed by atoms with E-state index in [1.54, 1.807) is 6.92 Å². The second kappa shape index (κ2) is 3.48. The first-order valence-electron chi connectivity index (χ1n) is 5.93. The van der Waals surface area contributed by atoms with Crippen molar-refractivity contribution in [2.75, 3.05) is 0 Å². The molecule has 0 saturated carbocycles. The van der Waals surface area contributed by atoms with Crippen LogP contribution in [0, 0.1) is 20.8 Å². The maximum Gasteiger partial charge on any atom is 0.164 e. The van der Waals surface area contributed by atoms with Gasteiger partial charge in [0.1, 0.15) is 22.7 Å². The van der Waals surface area contributed by atoms with E-state index >= 15 is 0 Å². The standard InChI is InChI=1S/C15H14O3/c1-7-5-11-9(3)14-12(6-8(2)17-14)13(10(4)16)15(11)18-7/h5-6H,1-4H3. The molecule has 0 bridgehead atoms. The van der Waals surface area contributed by atoms with Gasteiger partial charge in [-0.1, -0.05) is 0 Å². The summed E-state index contributed by atoms with van der Waals surface area (Å²) >= 11 is 0. The van der Waals surface area contributed by atoms with Crippen LogP contribution < -0.4 is 0 Å². The molecule has 0 saturated heterocycles. The van der Waals surface area contributed by atoms with E-state index in [0.29, 0.717) is 11.1 Å². The highest BCUT2D eigenvalue weighted by Crippen LogP contribution is 2.36. The molecule has 0 amide bonds.